The summed E-state index contributed by atoms with van der Waals surface area (Å²) in [4.78, 5) is 0. The summed E-state index contributed by atoms with van der Waals surface area (Å²) < 4.78 is 57.7. The van der Waals surface area contributed by atoms with Crippen LogP contribution < -0.4 is 0 Å². The van der Waals surface area contributed by atoms with Crippen LogP contribution in [0.25, 0.3) is 12.2 Å². The lowest BCUT2D eigenvalue weighted by Gasteiger charge is -2.22. The lowest BCUT2D eigenvalue weighted by atomic mass is 10.1. The number of rotatable bonds is 8. The van der Waals surface area contributed by atoms with Gasteiger partial charge >= 0.3 is 0 Å². The first-order valence-electron chi connectivity index (χ1n) is 11.3. The SMILES string of the molecule is O=S(=O)(C(/C=C\c1ccc(Br)cc1)c1ccc(F)cc1)C(/C=C\c1ccc(Br)cc1)c1ccc(F)cc1. The van der Waals surface area contributed by atoms with E-state index in [1.54, 1.807) is 24.3 Å². The van der Waals surface area contributed by atoms with Gasteiger partial charge in [-0.15, -0.1) is 0 Å². The Labute approximate surface area is 232 Å². The van der Waals surface area contributed by atoms with Gasteiger partial charge in [0.25, 0.3) is 0 Å². The molecule has 4 aromatic carbocycles. The van der Waals surface area contributed by atoms with Gasteiger partial charge in [-0.1, -0.05) is 105 Å². The van der Waals surface area contributed by atoms with E-state index in [1.807, 2.05) is 48.5 Å². The molecule has 7 heteroatoms. The molecule has 188 valence electrons. The van der Waals surface area contributed by atoms with Crippen LogP contribution in [-0.2, 0) is 9.84 Å². The Bertz CT molecular complexity index is 1390. The van der Waals surface area contributed by atoms with Crippen molar-refractivity contribution in [2.75, 3.05) is 0 Å². The Morgan fingerprint density at radius 2 is 0.865 bits per heavy atom. The lowest BCUT2D eigenvalue weighted by Crippen LogP contribution is -2.19. The zero-order valence-electron chi connectivity index (χ0n) is 19.4. The molecule has 0 aliphatic carbocycles. The number of benzene rings is 4. The molecule has 0 aliphatic rings. The third-order valence-electron chi connectivity index (χ3n) is 5.77. The maximum Gasteiger partial charge on any atom is 0.171 e. The Hall–Kier alpha value is -2.87. The second-order valence-electron chi connectivity index (χ2n) is 8.35. The van der Waals surface area contributed by atoms with Crippen molar-refractivity contribution in [3.05, 3.63) is 152 Å². The average molecular weight is 644 g/mol. The van der Waals surface area contributed by atoms with E-state index in [0.717, 1.165) is 20.1 Å². The van der Waals surface area contributed by atoms with Crippen molar-refractivity contribution in [1.82, 2.24) is 0 Å². The molecular weight excluding hydrogens is 622 g/mol. The van der Waals surface area contributed by atoms with Gasteiger partial charge in [0.05, 0.1) is 0 Å². The van der Waals surface area contributed by atoms with E-state index in [0.29, 0.717) is 11.1 Å². The Morgan fingerprint density at radius 1 is 0.541 bits per heavy atom. The van der Waals surface area contributed by atoms with Crippen molar-refractivity contribution in [2.45, 2.75) is 10.5 Å². The zero-order chi connectivity index (χ0) is 26.4. The first kappa shape index (κ1) is 27.2. The quantitative estimate of drug-likeness (QED) is 0.192. The van der Waals surface area contributed by atoms with Gasteiger partial charge < -0.3 is 0 Å². The predicted molar refractivity (Wildman–Crippen MR) is 154 cm³/mol. The third-order valence-corrected chi connectivity index (χ3v) is 9.10. The number of hydrogen-bond acceptors (Lipinski definition) is 2. The highest BCUT2D eigenvalue weighted by molar-refractivity contribution is 9.10. The summed E-state index contributed by atoms with van der Waals surface area (Å²) in [5.74, 6) is -0.913. The highest BCUT2D eigenvalue weighted by Gasteiger charge is 2.33. The smallest absolute Gasteiger partial charge is 0.171 e. The molecule has 2 atom stereocenters. The van der Waals surface area contributed by atoms with Gasteiger partial charge in [0.2, 0.25) is 0 Å². The van der Waals surface area contributed by atoms with Crippen molar-refractivity contribution >= 4 is 53.8 Å². The summed E-state index contributed by atoms with van der Waals surface area (Å²) in [7, 11) is -3.99. The van der Waals surface area contributed by atoms with Crippen LogP contribution in [0.5, 0.6) is 0 Å². The summed E-state index contributed by atoms with van der Waals surface area (Å²) >= 11 is 6.80. The number of sulfone groups is 1. The summed E-state index contributed by atoms with van der Waals surface area (Å²) in [6.45, 7) is 0. The van der Waals surface area contributed by atoms with Crippen LogP contribution >= 0.6 is 31.9 Å². The molecule has 0 N–H and O–H groups in total. The maximum absolute atomic E-state index is 14.2. The fourth-order valence-corrected chi connectivity index (χ4v) is 6.34. The molecule has 0 heterocycles. The first-order chi connectivity index (χ1) is 17.7. The van der Waals surface area contributed by atoms with E-state index in [9.17, 15) is 17.2 Å². The second-order valence-corrected chi connectivity index (χ2v) is 12.4. The van der Waals surface area contributed by atoms with Crippen molar-refractivity contribution in [1.29, 1.82) is 0 Å². The van der Waals surface area contributed by atoms with E-state index in [-0.39, 0.29) is 0 Å². The van der Waals surface area contributed by atoms with E-state index < -0.39 is 32.0 Å². The molecular formula is C30H22Br2F2O2S. The van der Waals surface area contributed by atoms with Crippen LogP contribution in [-0.4, -0.2) is 8.42 Å². The molecule has 37 heavy (non-hydrogen) atoms. The van der Waals surface area contributed by atoms with E-state index in [1.165, 1.54) is 48.5 Å². The fourth-order valence-electron chi connectivity index (χ4n) is 3.83. The van der Waals surface area contributed by atoms with Crippen LogP contribution in [0.3, 0.4) is 0 Å². The molecule has 0 fully saturated rings. The molecule has 4 aromatic rings. The lowest BCUT2D eigenvalue weighted by molar-refractivity contribution is 0.583. The second kappa shape index (κ2) is 12.1. The van der Waals surface area contributed by atoms with E-state index in [4.69, 9.17) is 0 Å². The van der Waals surface area contributed by atoms with Crippen LogP contribution in [0, 0.1) is 11.6 Å². The van der Waals surface area contributed by atoms with Crippen molar-refractivity contribution in [2.24, 2.45) is 0 Å². The monoisotopic (exact) mass is 642 g/mol. The standard InChI is InChI=1S/C30H22Br2F2O2S/c31-25-11-1-21(2-12-25)5-19-29(23-7-15-27(33)16-8-23)37(35,36)30(24-9-17-28(34)18-10-24)20-6-22-3-13-26(32)14-4-22/h1-20,29-30H/b19-5-,20-6-. The molecule has 0 bridgehead atoms. The Balaban J connectivity index is 1.81. The van der Waals surface area contributed by atoms with Gasteiger partial charge in [-0.25, -0.2) is 17.2 Å². The normalized spacial score (nSPS) is 13.7. The minimum Gasteiger partial charge on any atom is -0.227 e. The topological polar surface area (TPSA) is 34.1 Å². The molecule has 0 aromatic heterocycles. The molecule has 0 saturated heterocycles. The van der Waals surface area contributed by atoms with Gasteiger partial charge in [-0.05, 0) is 70.8 Å². The molecule has 2 unspecified atom stereocenters. The summed E-state index contributed by atoms with van der Waals surface area (Å²) in [5.41, 5.74) is 2.49. The van der Waals surface area contributed by atoms with E-state index in [2.05, 4.69) is 31.9 Å². The van der Waals surface area contributed by atoms with Crippen molar-refractivity contribution in [3.63, 3.8) is 0 Å². The highest BCUT2D eigenvalue weighted by atomic mass is 79.9. The Morgan fingerprint density at radius 3 is 1.19 bits per heavy atom. The van der Waals surface area contributed by atoms with Crippen LogP contribution in [0.1, 0.15) is 32.8 Å². The van der Waals surface area contributed by atoms with Crippen LogP contribution in [0.4, 0.5) is 8.78 Å². The Kier molecular flexibility index (Phi) is 8.90. The predicted octanol–water partition coefficient (Wildman–Crippen LogP) is 9.11. The number of halogens is 4. The van der Waals surface area contributed by atoms with Gasteiger partial charge in [-0.3, -0.25) is 0 Å². The van der Waals surface area contributed by atoms with Crippen molar-refractivity contribution in [3.8, 4) is 0 Å². The van der Waals surface area contributed by atoms with Gasteiger partial charge in [0.1, 0.15) is 22.1 Å². The van der Waals surface area contributed by atoms with Crippen LogP contribution in [0.2, 0.25) is 0 Å². The van der Waals surface area contributed by atoms with Gasteiger partial charge in [0, 0.05) is 8.95 Å². The first-order valence-corrected chi connectivity index (χ1v) is 14.5. The third kappa shape index (κ3) is 7.12. The average Bonchev–Trinajstić information content (AvgIpc) is 2.88. The molecule has 0 aliphatic heterocycles. The summed E-state index contributed by atoms with van der Waals surface area (Å²) in [6.07, 6.45) is 6.68. The highest BCUT2D eigenvalue weighted by Crippen LogP contribution is 2.37. The minimum absolute atomic E-state index is 0.430. The van der Waals surface area contributed by atoms with Crippen LogP contribution in [0.15, 0.2) is 118 Å². The van der Waals surface area contributed by atoms with E-state index >= 15 is 0 Å². The summed E-state index contributed by atoms with van der Waals surface area (Å²) in [6, 6.07) is 25.8. The summed E-state index contributed by atoms with van der Waals surface area (Å²) in [5, 5.41) is -2.16. The molecule has 0 amide bonds. The molecule has 0 saturated carbocycles. The van der Waals surface area contributed by atoms with Gasteiger partial charge in [-0.2, -0.15) is 0 Å². The molecule has 0 spiro atoms. The zero-order valence-corrected chi connectivity index (χ0v) is 23.4. The number of hydrogen-bond donors (Lipinski definition) is 0. The molecule has 0 radical (unpaired) electrons. The van der Waals surface area contributed by atoms with Crippen molar-refractivity contribution < 1.29 is 17.2 Å². The fraction of sp³-hybridized carbons (Fsp3) is 0.0667. The minimum atomic E-state index is -3.99. The largest absolute Gasteiger partial charge is 0.227 e. The molecule has 2 nitrogen and oxygen atoms in total. The molecule has 4 rings (SSSR count). The van der Waals surface area contributed by atoms with Gasteiger partial charge in [0.15, 0.2) is 9.84 Å². The maximum atomic E-state index is 14.2.